The Balaban J connectivity index is 2.24. The van der Waals surface area contributed by atoms with E-state index in [1.54, 1.807) is 7.11 Å². The van der Waals surface area contributed by atoms with Gasteiger partial charge in [-0.3, -0.25) is 0 Å². The van der Waals surface area contributed by atoms with Gasteiger partial charge in [-0.25, -0.2) is 0 Å². The van der Waals surface area contributed by atoms with Crippen molar-refractivity contribution in [2.45, 2.75) is 57.2 Å². The first-order valence-corrected chi connectivity index (χ1v) is 7.12. The Kier molecular flexibility index (Phi) is 4.48. The van der Waals surface area contributed by atoms with E-state index in [-0.39, 0.29) is 0 Å². The van der Waals surface area contributed by atoms with Crippen LogP contribution in [0.3, 0.4) is 0 Å². The molecule has 1 aromatic carbocycles. The molecule has 0 saturated heterocycles. The van der Waals surface area contributed by atoms with E-state index in [2.05, 4.69) is 0 Å². The van der Waals surface area contributed by atoms with Crippen LogP contribution in [0.15, 0.2) is 18.2 Å². The molecule has 0 aromatic heterocycles. The van der Waals surface area contributed by atoms with E-state index in [9.17, 15) is 10.2 Å². The smallest absolute Gasteiger partial charge is 0.119 e. The molecule has 0 aliphatic heterocycles. The molecule has 1 saturated carbocycles. The maximum Gasteiger partial charge on any atom is 0.119 e. The lowest BCUT2D eigenvalue weighted by molar-refractivity contribution is -0.0870. The highest BCUT2D eigenvalue weighted by Gasteiger charge is 2.37. The van der Waals surface area contributed by atoms with Gasteiger partial charge >= 0.3 is 0 Å². The topological polar surface area (TPSA) is 49.7 Å². The van der Waals surface area contributed by atoms with Crippen molar-refractivity contribution in [2.75, 3.05) is 7.11 Å². The van der Waals surface area contributed by atoms with Crippen molar-refractivity contribution in [3.63, 3.8) is 0 Å². The van der Waals surface area contributed by atoms with Crippen molar-refractivity contribution >= 4 is 0 Å². The highest BCUT2D eigenvalue weighted by atomic mass is 16.5. The van der Waals surface area contributed by atoms with Gasteiger partial charge in [0, 0.05) is 0 Å². The Morgan fingerprint density at radius 1 is 1.16 bits per heavy atom. The number of aliphatic hydroxyl groups excluding tert-OH is 1. The van der Waals surface area contributed by atoms with E-state index >= 15 is 0 Å². The van der Waals surface area contributed by atoms with Gasteiger partial charge in [0.2, 0.25) is 0 Å². The second kappa shape index (κ2) is 5.93. The summed E-state index contributed by atoms with van der Waals surface area (Å²) in [5.74, 6) is 0.779. The molecular weight excluding hydrogens is 240 g/mol. The average molecular weight is 264 g/mol. The van der Waals surface area contributed by atoms with E-state index in [1.165, 1.54) is 0 Å². The monoisotopic (exact) mass is 264 g/mol. The van der Waals surface area contributed by atoms with Crippen molar-refractivity contribution in [2.24, 2.45) is 0 Å². The summed E-state index contributed by atoms with van der Waals surface area (Å²) in [7, 11) is 1.63. The van der Waals surface area contributed by atoms with Crippen molar-refractivity contribution in [1.82, 2.24) is 0 Å². The number of ether oxygens (including phenoxy) is 1. The minimum absolute atomic E-state index is 0.680. The summed E-state index contributed by atoms with van der Waals surface area (Å²) >= 11 is 0. The molecule has 1 unspecified atom stereocenters. The van der Waals surface area contributed by atoms with Crippen molar-refractivity contribution in [3.8, 4) is 5.75 Å². The van der Waals surface area contributed by atoms with Crippen LogP contribution < -0.4 is 4.74 Å². The van der Waals surface area contributed by atoms with E-state index in [1.807, 2.05) is 25.1 Å². The van der Waals surface area contributed by atoms with Crippen LogP contribution in [0.2, 0.25) is 0 Å². The number of hydrogen-bond acceptors (Lipinski definition) is 3. The molecule has 0 amide bonds. The SMILES string of the molecule is COc1ccc(C(O)C2(O)CCCCCC2)c(C)c1. The normalized spacial score (nSPS) is 20.6. The molecule has 19 heavy (non-hydrogen) atoms. The number of aliphatic hydroxyl groups is 2. The van der Waals surface area contributed by atoms with Gasteiger partial charge in [-0.15, -0.1) is 0 Å². The Bertz CT molecular complexity index is 420. The second-order valence-electron chi connectivity index (χ2n) is 5.64. The zero-order valence-electron chi connectivity index (χ0n) is 11.9. The summed E-state index contributed by atoms with van der Waals surface area (Å²) in [5.41, 5.74) is 0.797. The lowest BCUT2D eigenvalue weighted by Crippen LogP contribution is -2.36. The van der Waals surface area contributed by atoms with Gasteiger partial charge in [0.25, 0.3) is 0 Å². The summed E-state index contributed by atoms with van der Waals surface area (Å²) in [6, 6.07) is 5.60. The van der Waals surface area contributed by atoms with Gasteiger partial charge < -0.3 is 14.9 Å². The molecule has 0 spiro atoms. The molecule has 1 aliphatic rings. The Morgan fingerprint density at radius 2 is 1.79 bits per heavy atom. The first-order valence-electron chi connectivity index (χ1n) is 7.12. The van der Waals surface area contributed by atoms with E-state index in [0.29, 0.717) is 12.8 Å². The molecule has 0 bridgehead atoms. The first kappa shape index (κ1) is 14.4. The Morgan fingerprint density at radius 3 is 2.32 bits per heavy atom. The quantitative estimate of drug-likeness (QED) is 0.825. The fraction of sp³-hybridized carbons (Fsp3) is 0.625. The van der Waals surface area contributed by atoms with E-state index in [4.69, 9.17) is 4.74 Å². The van der Waals surface area contributed by atoms with Gasteiger partial charge in [-0.1, -0.05) is 31.7 Å². The van der Waals surface area contributed by atoms with Crippen LogP contribution in [-0.2, 0) is 0 Å². The number of rotatable bonds is 3. The zero-order chi connectivity index (χ0) is 13.9. The molecule has 3 heteroatoms. The fourth-order valence-electron chi connectivity index (χ4n) is 2.99. The molecule has 1 aliphatic carbocycles. The lowest BCUT2D eigenvalue weighted by Gasteiger charge is -2.33. The maximum atomic E-state index is 10.7. The molecule has 1 aromatic rings. The lowest BCUT2D eigenvalue weighted by atomic mass is 9.83. The van der Waals surface area contributed by atoms with Crippen molar-refractivity contribution in [3.05, 3.63) is 29.3 Å². The number of hydrogen-bond donors (Lipinski definition) is 2. The van der Waals surface area contributed by atoms with Gasteiger partial charge in [0.15, 0.2) is 0 Å². The minimum Gasteiger partial charge on any atom is -0.497 e. The molecule has 0 heterocycles. The molecular formula is C16H24O3. The first-order chi connectivity index (χ1) is 9.07. The molecule has 1 atom stereocenters. The second-order valence-corrected chi connectivity index (χ2v) is 5.64. The van der Waals surface area contributed by atoms with Crippen LogP contribution in [-0.4, -0.2) is 22.9 Å². The van der Waals surface area contributed by atoms with Gasteiger partial charge in [-0.2, -0.15) is 0 Å². The molecule has 0 radical (unpaired) electrons. The average Bonchev–Trinajstić information content (AvgIpc) is 2.63. The summed E-state index contributed by atoms with van der Waals surface area (Å²) in [6.07, 6.45) is 4.83. The Hall–Kier alpha value is -1.06. The van der Waals surface area contributed by atoms with E-state index in [0.717, 1.165) is 42.6 Å². The zero-order valence-corrected chi connectivity index (χ0v) is 11.9. The largest absolute Gasteiger partial charge is 0.497 e. The summed E-state index contributed by atoms with van der Waals surface area (Å²) in [6.45, 7) is 1.95. The van der Waals surface area contributed by atoms with Crippen molar-refractivity contribution in [1.29, 1.82) is 0 Å². The number of aryl methyl sites for hydroxylation is 1. The summed E-state index contributed by atoms with van der Waals surface area (Å²) in [4.78, 5) is 0. The van der Waals surface area contributed by atoms with Gasteiger partial charge in [-0.05, 0) is 43.0 Å². The van der Waals surface area contributed by atoms with Gasteiger partial charge in [0.1, 0.15) is 11.9 Å². The maximum absolute atomic E-state index is 10.7. The van der Waals surface area contributed by atoms with Crippen LogP contribution >= 0.6 is 0 Å². The van der Waals surface area contributed by atoms with Crippen LogP contribution in [0.1, 0.15) is 55.8 Å². The van der Waals surface area contributed by atoms with Crippen LogP contribution in [0.5, 0.6) is 5.75 Å². The highest BCUT2D eigenvalue weighted by Crippen LogP contribution is 2.38. The van der Waals surface area contributed by atoms with Crippen LogP contribution in [0, 0.1) is 6.92 Å². The molecule has 3 nitrogen and oxygen atoms in total. The molecule has 2 rings (SSSR count). The number of benzene rings is 1. The minimum atomic E-state index is -0.976. The predicted octanol–water partition coefficient (Wildman–Crippen LogP) is 3.12. The van der Waals surface area contributed by atoms with Gasteiger partial charge in [0.05, 0.1) is 12.7 Å². The molecule has 106 valence electrons. The fourth-order valence-corrected chi connectivity index (χ4v) is 2.99. The Labute approximate surface area is 115 Å². The van der Waals surface area contributed by atoms with Crippen LogP contribution in [0.25, 0.3) is 0 Å². The van der Waals surface area contributed by atoms with E-state index < -0.39 is 11.7 Å². The highest BCUT2D eigenvalue weighted by molar-refractivity contribution is 5.37. The number of methoxy groups -OCH3 is 1. The third-order valence-corrected chi connectivity index (χ3v) is 4.25. The molecule has 1 fully saturated rings. The third-order valence-electron chi connectivity index (χ3n) is 4.25. The predicted molar refractivity (Wildman–Crippen MR) is 75.3 cm³/mol. The molecule has 2 N–H and O–H groups in total. The van der Waals surface area contributed by atoms with Crippen molar-refractivity contribution < 1.29 is 14.9 Å². The third kappa shape index (κ3) is 3.10. The van der Waals surface area contributed by atoms with Crippen LogP contribution in [0.4, 0.5) is 0 Å². The standard InChI is InChI=1S/C16H24O3/c1-12-11-13(19-2)7-8-14(12)15(17)16(18)9-5-3-4-6-10-16/h7-8,11,15,17-18H,3-6,9-10H2,1-2H3. The summed E-state index contributed by atoms with van der Waals surface area (Å²) < 4.78 is 5.18. The summed E-state index contributed by atoms with van der Waals surface area (Å²) in [5, 5.41) is 21.3.